The molecule has 122 valence electrons. The molecule has 0 aliphatic carbocycles. The van der Waals surface area contributed by atoms with Crippen molar-refractivity contribution in [2.24, 2.45) is 0 Å². The summed E-state index contributed by atoms with van der Waals surface area (Å²) < 4.78 is 2.00. The van der Waals surface area contributed by atoms with Crippen molar-refractivity contribution < 1.29 is 14.7 Å². The minimum atomic E-state index is -0.732. The molecule has 1 heterocycles. The highest BCUT2D eigenvalue weighted by Crippen LogP contribution is 2.10. The fourth-order valence-corrected chi connectivity index (χ4v) is 2.36. The summed E-state index contributed by atoms with van der Waals surface area (Å²) in [5.74, 6) is -0.846. The van der Waals surface area contributed by atoms with E-state index in [1.54, 1.807) is 0 Å². The van der Waals surface area contributed by atoms with Gasteiger partial charge in [0.05, 0.1) is 5.56 Å². The fourth-order valence-electron chi connectivity index (χ4n) is 2.36. The monoisotopic (exact) mass is 314 g/mol. The molecule has 0 radical (unpaired) electrons. The number of carboxylic acids is 1. The SMILES string of the molecule is O=C(O)CCCCCCn1ccc(C(=O)Nc2ccccc2)c1. The Labute approximate surface area is 135 Å². The first-order valence-corrected chi connectivity index (χ1v) is 7.89. The Morgan fingerprint density at radius 2 is 1.74 bits per heavy atom. The molecule has 5 nitrogen and oxygen atoms in total. The van der Waals surface area contributed by atoms with Gasteiger partial charge >= 0.3 is 5.97 Å². The van der Waals surface area contributed by atoms with Crippen molar-refractivity contribution in [1.82, 2.24) is 4.57 Å². The van der Waals surface area contributed by atoms with Crippen molar-refractivity contribution in [1.29, 1.82) is 0 Å². The lowest BCUT2D eigenvalue weighted by molar-refractivity contribution is -0.137. The van der Waals surface area contributed by atoms with Gasteiger partial charge in [-0.2, -0.15) is 0 Å². The van der Waals surface area contributed by atoms with Gasteiger partial charge in [-0.05, 0) is 31.0 Å². The van der Waals surface area contributed by atoms with Gasteiger partial charge in [-0.15, -0.1) is 0 Å². The summed E-state index contributed by atoms with van der Waals surface area (Å²) in [7, 11) is 0. The lowest BCUT2D eigenvalue weighted by atomic mass is 10.1. The second-order valence-electron chi connectivity index (χ2n) is 5.52. The summed E-state index contributed by atoms with van der Waals surface area (Å²) in [6.07, 6.45) is 7.62. The summed E-state index contributed by atoms with van der Waals surface area (Å²) in [5.41, 5.74) is 1.42. The highest BCUT2D eigenvalue weighted by Gasteiger charge is 2.07. The molecule has 0 saturated carbocycles. The number of carbonyl (C=O) groups is 2. The highest BCUT2D eigenvalue weighted by atomic mass is 16.4. The van der Waals surface area contributed by atoms with Crippen LogP contribution in [0.25, 0.3) is 0 Å². The first-order valence-electron chi connectivity index (χ1n) is 7.89. The minimum absolute atomic E-state index is 0.114. The van der Waals surface area contributed by atoms with Crippen LogP contribution >= 0.6 is 0 Å². The molecule has 1 aromatic carbocycles. The average molecular weight is 314 g/mol. The largest absolute Gasteiger partial charge is 0.481 e. The number of hydrogen-bond acceptors (Lipinski definition) is 2. The molecule has 1 aromatic heterocycles. The summed E-state index contributed by atoms with van der Waals surface area (Å²) in [5, 5.41) is 11.4. The van der Waals surface area contributed by atoms with Crippen LogP contribution in [0.3, 0.4) is 0 Å². The number of aromatic nitrogens is 1. The Bertz CT molecular complexity index is 635. The smallest absolute Gasteiger partial charge is 0.303 e. The number of aryl methyl sites for hydroxylation is 1. The number of para-hydroxylation sites is 1. The zero-order chi connectivity index (χ0) is 16.5. The zero-order valence-corrected chi connectivity index (χ0v) is 13.1. The van der Waals surface area contributed by atoms with Crippen LogP contribution in [0.5, 0.6) is 0 Å². The first-order chi connectivity index (χ1) is 11.1. The van der Waals surface area contributed by atoms with Crippen molar-refractivity contribution in [3.8, 4) is 0 Å². The van der Waals surface area contributed by atoms with E-state index in [0.717, 1.165) is 37.9 Å². The van der Waals surface area contributed by atoms with Gasteiger partial charge in [-0.25, -0.2) is 0 Å². The third-order valence-electron chi connectivity index (χ3n) is 3.60. The van der Waals surface area contributed by atoms with Crippen molar-refractivity contribution in [2.75, 3.05) is 5.32 Å². The topological polar surface area (TPSA) is 71.3 Å². The van der Waals surface area contributed by atoms with Gasteiger partial charge in [-0.3, -0.25) is 9.59 Å². The predicted molar refractivity (Wildman–Crippen MR) is 89.5 cm³/mol. The molecule has 23 heavy (non-hydrogen) atoms. The van der Waals surface area contributed by atoms with Crippen LogP contribution in [0.2, 0.25) is 0 Å². The van der Waals surface area contributed by atoms with Crippen molar-refractivity contribution in [3.63, 3.8) is 0 Å². The Morgan fingerprint density at radius 3 is 2.48 bits per heavy atom. The van der Waals surface area contributed by atoms with E-state index in [1.165, 1.54) is 0 Å². The van der Waals surface area contributed by atoms with Crippen LogP contribution in [-0.2, 0) is 11.3 Å². The van der Waals surface area contributed by atoms with Gasteiger partial charge in [0.15, 0.2) is 0 Å². The van der Waals surface area contributed by atoms with Crippen LogP contribution in [-0.4, -0.2) is 21.6 Å². The van der Waals surface area contributed by atoms with Crippen LogP contribution in [0, 0.1) is 0 Å². The van der Waals surface area contributed by atoms with Crippen LogP contribution in [0.1, 0.15) is 42.5 Å². The van der Waals surface area contributed by atoms with Gasteiger partial charge in [-0.1, -0.05) is 31.0 Å². The van der Waals surface area contributed by atoms with Gasteiger partial charge in [0.1, 0.15) is 0 Å². The van der Waals surface area contributed by atoms with Crippen molar-refractivity contribution in [2.45, 2.75) is 38.6 Å². The minimum Gasteiger partial charge on any atom is -0.481 e. The number of amides is 1. The van der Waals surface area contributed by atoms with Crippen LogP contribution in [0.4, 0.5) is 5.69 Å². The van der Waals surface area contributed by atoms with E-state index in [-0.39, 0.29) is 12.3 Å². The first kappa shape index (κ1) is 16.8. The molecular weight excluding hydrogens is 292 g/mol. The zero-order valence-electron chi connectivity index (χ0n) is 13.1. The molecule has 2 aromatic rings. The standard InChI is InChI=1S/C18H22N2O3/c21-17(22)10-6-1-2-7-12-20-13-11-15(14-20)18(23)19-16-8-4-3-5-9-16/h3-5,8-9,11,13-14H,1-2,6-7,10,12H2,(H,19,23)(H,21,22). The summed E-state index contributed by atoms with van der Waals surface area (Å²) in [4.78, 5) is 22.5. The number of anilines is 1. The number of carbonyl (C=O) groups excluding carboxylic acids is 1. The maximum Gasteiger partial charge on any atom is 0.303 e. The number of rotatable bonds is 9. The summed E-state index contributed by atoms with van der Waals surface area (Å²) >= 11 is 0. The highest BCUT2D eigenvalue weighted by molar-refractivity contribution is 6.04. The maximum absolute atomic E-state index is 12.1. The molecule has 0 aliphatic rings. The summed E-state index contributed by atoms with van der Waals surface area (Å²) in [6, 6.07) is 11.2. The van der Waals surface area contributed by atoms with Gasteiger partial charge in [0, 0.05) is 31.0 Å². The number of benzene rings is 1. The number of carboxylic acid groups (broad SMARTS) is 1. The van der Waals surface area contributed by atoms with E-state index in [2.05, 4.69) is 5.32 Å². The molecule has 0 unspecified atom stereocenters. The van der Waals surface area contributed by atoms with Gasteiger partial charge in [0.2, 0.25) is 0 Å². The molecule has 0 bridgehead atoms. The van der Waals surface area contributed by atoms with Crippen LogP contribution < -0.4 is 5.32 Å². The van der Waals surface area contributed by atoms with E-state index in [1.807, 2.05) is 53.4 Å². The third-order valence-corrected chi connectivity index (χ3v) is 3.60. The molecule has 2 rings (SSSR count). The molecule has 2 N–H and O–H groups in total. The quantitative estimate of drug-likeness (QED) is 0.692. The Hall–Kier alpha value is -2.56. The molecule has 0 fully saturated rings. The lowest BCUT2D eigenvalue weighted by Crippen LogP contribution is -2.10. The lowest BCUT2D eigenvalue weighted by Gasteiger charge is -2.04. The maximum atomic E-state index is 12.1. The van der Waals surface area contributed by atoms with Crippen molar-refractivity contribution >= 4 is 17.6 Å². The number of hydrogen-bond donors (Lipinski definition) is 2. The molecule has 0 aliphatic heterocycles. The van der Waals surface area contributed by atoms with Crippen molar-refractivity contribution in [3.05, 3.63) is 54.4 Å². The second kappa shape index (κ2) is 8.78. The van der Waals surface area contributed by atoms with E-state index in [4.69, 9.17) is 5.11 Å². The average Bonchev–Trinajstić information content (AvgIpc) is 3.00. The van der Waals surface area contributed by atoms with E-state index >= 15 is 0 Å². The third kappa shape index (κ3) is 5.98. The van der Waals surface area contributed by atoms with E-state index < -0.39 is 5.97 Å². The molecular formula is C18H22N2O3. The number of unbranched alkanes of at least 4 members (excludes halogenated alkanes) is 3. The second-order valence-corrected chi connectivity index (χ2v) is 5.52. The molecule has 5 heteroatoms. The van der Waals surface area contributed by atoms with E-state index in [0.29, 0.717) is 5.56 Å². The fraction of sp³-hybridized carbons (Fsp3) is 0.333. The molecule has 1 amide bonds. The number of nitrogens with zero attached hydrogens (tertiary/aromatic N) is 1. The van der Waals surface area contributed by atoms with Gasteiger partial charge in [0.25, 0.3) is 5.91 Å². The molecule has 0 spiro atoms. The Balaban J connectivity index is 1.72. The number of aliphatic carboxylic acids is 1. The predicted octanol–water partition coefficient (Wildman–Crippen LogP) is 3.78. The molecule has 0 saturated heterocycles. The normalized spacial score (nSPS) is 10.4. The van der Waals surface area contributed by atoms with Crippen LogP contribution in [0.15, 0.2) is 48.8 Å². The molecule has 0 atom stereocenters. The summed E-state index contributed by atoms with van der Waals surface area (Å²) in [6.45, 7) is 0.839. The Kier molecular flexibility index (Phi) is 6.41. The number of nitrogens with one attached hydrogen (secondary N) is 1. The Morgan fingerprint density at radius 1 is 1.00 bits per heavy atom. The van der Waals surface area contributed by atoms with Gasteiger partial charge < -0.3 is 15.0 Å². The van der Waals surface area contributed by atoms with E-state index in [9.17, 15) is 9.59 Å².